The Bertz CT molecular complexity index is 631. The Balaban J connectivity index is 1.24. The van der Waals surface area contributed by atoms with E-state index in [4.69, 9.17) is 4.42 Å². The van der Waals surface area contributed by atoms with Gasteiger partial charge >= 0.3 is 0 Å². The van der Waals surface area contributed by atoms with Crippen molar-refractivity contribution in [2.75, 3.05) is 18.0 Å². The lowest BCUT2D eigenvalue weighted by Gasteiger charge is -2.19. The van der Waals surface area contributed by atoms with Crippen molar-refractivity contribution in [3.05, 3.63) is 42.6 Å². The number of fused-ring (bicyclic) bond motifs is 1. The zero-order valence-corrected chi connectivity index (χ0v) is 12.2. The molecular formula is C16H18N4O2. The van der Waals surface area contributed by atoms with Gasteiger partial charge in [0.1, 0.15) is 5.76 Å². The Kier molecular flexibility index (Phi) is 3.29. The third-order valence-corrected chi connectivity index (χ3v) is 4.67. The van der Waals surface area contributed by atoms with E-state index in [1.807, 2.05) is 18.2 Å². The molecule has 0 bridgehead atoms. The number of anilines is 1. The first-order chi connectivity index (χ1) is 10.8. The van der Waals surface area contributed by atoms with Crippen molar-refractivity contribution in [2.24, 2.45) is 17.8 Å². The summed E-state index contributed by atoms with van der Waals surface area (Å²) in [5.74, 6) is 3.43. The minimum absolute atomic E-state index is 0.110. The third-order valence-electron chi connectivity index (χ3n) is 4.67. The molecule has 1 saturated carbocycles. The Morgan fingerprint density at radius 2 is 2.05 bits per heavy atom. The molecule has 0 radical (unpaired) electrons. The average Bonchev–Trinajstić information content (AvgIpc) is 2.99. The SMILES string of the molecule is O=C(CC1[C@H]2CN(c3ncccn3)C[C@@H]12)NCc1ccco1. The molecule has 6 heteroatoms. The summed E-state index contributed by atoms with van der Waals surface area (Å²) in [4.78, 5) is 22.8. The maximum Gasteiger partial charge on any atom is 0.225 e. The minimum atomic E-state index is 0.110. The number of piperidine rings is 1. The van der Waals surface area contributed by atoms with Crippen LogP contribution < -0.4 is 10.2 Å². The van der Waals surface area contributed by atoms with Crippen LogP contribution in [0.4, 0.5) is 5.95 Å². The van der Waals surface area contributed by atoms with Crippen molar-refractivity contribution in [1.82, 2.24) is 15.3 Å². The maximum absolute atomic E-state index is 12.0. The highest BCUT2D eigenvalue weighted by atomic mass is 16.3. The molecule has 1 saturated heterocycles. The van der Waals surface area contributed by atoms with Gasteiger partial charge in [0.15, 0.2) is 0 Å². The lowest BCUT2D eigenvalue weighted by Crippen LogP contribution is -2.28. The predicted octanol–water partition coefficient (Wildman–Crippen LogP) is 1.46. The van der Waals surface area contributed by atoms with Gasteiger partial charge in [-0.25, -0.2) is 9.97 Å². The Labute approximate surface area is 128 Å². The van der Waals surface area contributed by atoms with Gasteiger partial charge in [-0.1, -0.05) is 0 Å². The van der Waals surface area contributed by atoms with Gasteiger partial charge in [-0.2, -0.15) is 0 Å². The number of nitrogens with zero attached hydrogens (tertiary/aromatic N) is 3. The summed E-state index contributed by atoms with van der Waals surface area (Å²) in [7, 11) is 0. The van der Waals surface area contributed by atoms with Gasteiger partial charge in [0.25, 0.3) is 0 Å². The fourth-order valence-corrected chi connectivity index (χ4v) is 3.46. The molecule has 2 aromatic rings. The summed E-state index contributed by atoms with van der Waals surface area (Å²) in [6.45, 7) is 2.40. The van der Waals surface area contributed by atoms with Crippen LogP contribution in [0.25, 0.3) is 0 Å². The van der Waals surface area contributed by atoms with Crippen molar-refractivity contribution in [1.29, 1.82) is 0 Å². The molecule has 3 atom stereocenters. The van der Waals surface area contributed by atoms with Crippen molar-refractivity contribution in [2.45, 2.75) is 13.0 Å². The van der Waals surface area contributed by atoms with E-state index in [-0.39, 0.29) is 5.91 Å². The average molecular weight is 298 g/mol. The minimum Gasteiger partial charge on any atom is -0.467 e. The van der Waals surface area contributed by atoms with Gasteiger partial charge in [0, 0.05) is 31.9 Å². The predicted molar refractivity (Wildman–Crippen MR) is 79.9 cm³/mol. The number of carbonyl (C=O) groups excluding carboxylic acids is 1. The highest BCUT2D eigenvalue weighted by Gasteiger charge is 2.56. The number of nitrogens with one attached hydrogen (secondary N) is 1. The molecule has 4 rings (SSSR count). The first-order valence-corrected chi connectivity index (χ1v) is 7.62. The van der Waals surface area contributed by atoms with E-state index in [1.54, 1.807) is 18.7 Å². The van der Waals surface area contributed by atoms with E-state index in [0.717, 1.165) is 24.8 Å². The fourth-order valence-electron chi connectivity index (χ4n) is 3.46. The number of furan rings is 1. The summed E-state index contributed by atoms with van der Waals surface area (Å²) in [5.41, 5.74) is 0. The molecule has 1 aliphatic carbocycles. The van der Waals surface area contributed by atoms with Gasteiger partial charge in [-0.15, -0.1) is 0 Å². The van der Waals surface area contributed by atoms with Crippen LogP contribution in [-0.2, 0) is 11.3 Å². The lowest BCUT2D eigenvalue weighted by atomic mass is 10.2. The number of aromatic nitrogens is 2. The smallest absolute Gasteiger partial charge is 0.225 e. The highest BCUT2D eigenvalue weighted by molar-refractivity contribution is 5.76. The summed E-state index contributed by atoms with van der Waals surface area (Å²) in [6.07, 6.45) is 5.77. The van der Waals surface area contributed by atoms with Crippen molar-refractivity contribution < 1.29 is 9.21 Å². The summed E-state index contributed by atoms with van der Waals surface area (Å²) in [6, 6.07) is 5.52. The number of hydrogen-bond donors (Lipinski definition) is 1. The van der Waals surface area contributed by atoms with E-state index in [0.29, 0.717) is 30.7 Å². The quantitative estimate of drug-likeness (QED) is 0.905. The van der Waals surface area contributed by atoms with Crippen LogP contribution in [0, 0.1) is 17.8 Å². The van der Waals surface area contributed by atoms with E-state index >= 15 is 0 Å². The van der Waals surface area contributed by atoms with Crippen molar-refractivity contribution in [3.63, 3.8) is 0 Å². The van der Waals surface area contributed by atoms with Crippen LogP contribution in [0.3, 0.4) is 0 Å². The maximum atomic E-state index is 12.0. The van der Waals surface area contributed by atoms with E-state index in [9.17, 15) is 4.79 Å². The molecule has 1 aliphatic heterocycles. The standard InChI is InChI=1S/C16H18N4O2/c21-15(19-8-11-3-1-6-22-11)7-12-13-9-20(10-14(12)13)16-17-4-2-5-18-16/h1-6,12-14H,7-10H2,(H,19,21)/t12?,13-,14+. The summed E-state index contributed by atoms with van der Waals surface area (Å²) in [5, 5.41) is 2.92. The highest BCUT2D eigenvalue weighted by Crippen LogP contribution is 2.53. The van der Waals surface area contributed by atoms with Crippen molar-refractivity contribution >= 4 is 11.9 Å². The van der Waals surface area contributed by atoms with Gasteiger partial charge < -0.3 is 14.6 Å². The van der Waals surface area contributed by atoms with E-state index < -0.39 is 0 Å². The zero-order chi connectivity index (χ0) is 14.9. The molecule has 1 amide bonds. The Morgan fingerprint density at radius 1 is 1.27 bits per heavy atom. The number of hydrogen-bond acceptors (Lipinski definition) is 5. The lowest BCUT2D eigenvalue weighted by molar-refractivity contribution is -0.121. The second-order valence-electron chi connectivity index (χ2n) is 6.01. The molecule has 2 aliphatic rings. The van der Waals surface area contributed by atoms with Gasteiger partial charge in [-0.3, -0.25) is 4.79 Å². The van der Waals surface area contributed by atoms with Crippen LogP contribution in [0.2, 0.25) is 0 Å². The van der Waals surface area contributed by atoms with E-state index in [2.05, 4.69) is 20.2 Å². The molecule has 1 unspecified atom stereocenters. The van der Waals surface area contributed by atoms with Gasteiger partial charge in [0.2, 0.25) is 11.9 Å². The molecule has 22 heavy (non-hydrogen) atoms. The van der Waals surface area contributed by atoms with Gasteiger partial charge in [-0.05, 0) is 36.0 Å². The third kappa shape index (κ3) is 2.56. The fraction of sp³-hybridized carbons (Fsp3) is 0.438. The zero-order valence-electron chi connectivity index (χ0n) is 12.2. The largest absolute Gasteiger partial charge is 0.467 e. The van der Waals surface area contributed by atoms with Crippen LogP contribution in [0.1, 0.15) is 12.2 Å². The molecule has 114 valence electrons. The van der Waals surface area contributed by atoms with Crippen LogP contribution in [0.5, 0.6) is 0 Å². The number of carbonyl (C=O) groups is 1. The first kappa shape index (κ1) is 13.3. The van der Waals surface area contributed by atoms with Crippen LogP contribution >= 0.6 is 0 Å². The second kappa shape index (κ2) is 5.44. The first-order valence-electron chi connectivity index (χ1n) is 7.62. The number of amides is 1. The van der Waals surface area contributed by atoms with Crippen LogP contribution in [0.15, 0.2) is 41.3 Å². The topological polar surface area (TPSA) is 71.3 Å². The summed E-state index contributed by atoms with van der Waals surface area (Å²) >= 11 is 0. The molecule has 2 aromatic heterocycles. The summed E-state index contributed by atoms with van der Waals surface area (Å²) < 4.78 is 5.21. The molecule has 0 spiro atoms. The second-order valence-corrected chi connectivity index (χ2v) is 6.01. The van der Waals surface area contributed by atoms with Crippen molar-refractivity contribution in [3.8, 4) is 0 Å². The molecule has 0 aromatic carbocycles. The molecule has 1 N–H and O–H groups in total. The Hall–Kier alpha value is -2.37. The Morgan fingerprint density at radius 3 is 2.73 bits per heavy atom. The van der Waals surface area contributed by atoms with Crippen LogP contribution in [-0.4, -0.2) is 29.0 Å². The number of rotatable bonds is 5. The molecular weight excluding hydrogens is 280 g/mol. The van der Waals surface area contributed by atoms with E-state index in [1.165, 1.54) is 0 Å². The van der Waals surface area contributed by atoms with Gasteiger partial charge in [0.05, 0.1) is 12.8 Å². The normalized spacial score (nSPS) is 25.8. The molecule has 2 fully saturated rings. The monoisotopic (exact) mass is 298 g/mol. The molecule has 3 heterocycles. The molecule has 6 nitrogen and oxygen atoms in total.